The third-order valence-electron chi connectivity index (χ3n) is 4.71. The van der Waals surface area contributed by atoms with Gasteiger partial charge in [0.15, 0.2) is 5.96 Å². The Kier molecular flexibility index (Phi) is 7.25. The average molecular weight is 379 g/mol. The molecule has 26 heavy (non-hydrogen) atoms. The molecule has 2 aliphatic rings. The Balaban J connectivity index is 1.52. The van der Waals surface area contributed by atoms with Crippen LogP contribution in [0, 0.1) is 0 Å². The normalized spacial score (nSPS) is 18.8. The number of guanidine groups is 1. The zero-order chi connectivity index (χ0) is 18.2. The van der Waals surface area contributed by atoms with Crippen molar-refractivity contribution in [1.82, 2.24) is 19.6 Å². The van der Waals surface area contributed by atoms with E-state index in [1.165, 1.54) is 17.1 Å². The van der Waals surface area contributed by atoms with Crippen LogP contribution in [-0.4, -0.2) is 72.7 Å². The molecule has 0 amide bonds. The minimum Gasteiger partial charge on any atom is -0.377 e. The van der Waals surface area contributed by atoms with Crippen LogP contribution in [0.5, 0.6) is 0 Å². The largest absolute Gasteiger partial charge is 0.377 e. The Morgan fingerprint density at radius 3 is 2.81 bits per heavy atom. The minimum atomic E-state index is 0.756. The molecule has 0 spiro atoms. The van der Waals surface area contributed by atoms with Crippen molar-refractivity contribution in [2.75, 3.05) is 57.4 Å². The maximum absolute atomic E-state index is 5.37. The van der Waals surface area contributed by atoms with Crippen molar-refractivity contribution in [3.63, 3.8) is 0 Å². The van der Waals surface area contributed by atoms with Gasteiger partial charge in [-0.2, -0.15) is 4.37 Å². The summed E-state index contributed by atoms with van der Waals surface area (Å²) >= 11 is 1.51. The van der Waals surface area contributed by atoms with E-state index >= 15 is 0 Å². The number of hydrogen-bond acceptors (Lipinski definition) is 6. The Morgan fingerprint density at radius 2 is 2.15 bits per heavy atom. The number of rotatable bonds is 6. The molecule has 3 rings (SSSR count). The molecule has 1 aromatic rings. The van der Waals surface area contributed by atoms with E-state index in [1.54, 1.807) is 0 Å². The number of nitrogens with one attached hydrogen (secondary N) is 1. The predicted molar refractivity (Wildman–Crippen MR) is 107 cm³/mol. The predicted octanol–water partition coefficient (Wildman–Crippen LogP) is 1.92. The highest BCUT2D eigenvalue weighted by Crippen LogP contribution is 2.19. The monoisotopic (exact) mass is 378 g/mol. The molecule has 0 bridgehead atoms. The molecule has 0 saturated carbocycles. The van der Waals surface area contributed by atoms with E-state index in [-0.39, 0.29) is 0 Å². The molecule has 0 radical (unpaired) electrons. The van der Waals surface area contributed by atoms with Crippen LogP contribution in [0.4, 0.5) is 5.13 Å². The van der Waals surface area contributed by atoms with Crippen LogP contribution in [0.25, 0.3) is 0 Å². The molecule has 0 unspecified atom stereocenters. The smallest absolute Gasteiger partial charge is 0.205 e. The number of aryl methyl sites for hydroxylation is 1. The fourth-order valence-electron chi connectivity index (χ4n) is 3.15. The van der Waals surface area contributed by atoms with Gasteiger partial charge >= 0.3 is 0 Å². The van der Waals surface area contributed by atoms with Gasteiger partial charge in [-0.05, 0) is 19.8 Å². The van der Waals surface area contributed by atoms with Crippen LogP contribution in [0.1, 0.15) is 32.5 Å². The fourth-order valence-corrected chi connectivity index (χ4v) is 3.95. The summed E-state index contributed by atoms with van der Waals surface area (Å²) in [5.74, 6) is 1.98. The maximum Gasteiger partial charge on any atom is 0.205 e. The molecule has 1 aromatic heterocycles. The Labute approximate surface area is 160 Å². The van der Waals surface area contributed by atoms with E-state index in [0.717, 1.165) is 88.7 Å². The second-order valence-electron chi connectivity index (χ2n) is 6.49. The first-order valence-corrected chi connectivity index (χ1v) is 10.4. The first kappa shape index (κ1) is 19.1. The summed E-state index contributed by atoms with van der Waals surface area (Å²) in [6.45, 7) is 11.4. The number of ether oxygens (including phenoxy) is 1. The van der Waals surface area contributed by atoms with Crippen LogP contribution in [-0.2, 0) is 11.2 Å². The molecule has 7 nitrogen and oxygen atoms in total. The third-order valence-corrected chi connectivity index (χ3v) is 5.52. The van der Waals surface area contributed by atoms with Crippen LogP contribution in [0.15, 0.2) is 16.6 Å². The summed E-state index contributed by atoms with van der Waals surface area (Å²) in [4.78, 5) is 14.2. The van der Waals surface area contributed by atoms with Gasteiger partial charge < -0.3 is 19.9 Å². The van der Waals surface area contributed by atoms with Gasteiger partial charge in [0.2, 0.25) is 5.13 Å². The standard InChI is InChI=1S/C18H30N6OS/c1-3-16-21-18(26-22-16)24-11-9-23(10-12-24)17(19-4-2)20-8-5-15-6-13-25-14-7-15/h6H,3-5,7-14H2,1-2H3,(H,19,20). The molecular formula is C18H30N6OS. The summed E-state index contributed by atoms with van der Waals surface area (Å²) < 4.78 is 9.77. The highest BCUT2D eigenvalue weighted by molar-refractivity contribution is 7.09. The fraction of sp³-hybridized carbons (Fsp3) is 0.722. The number of piperazine rings is 1. The molecule has 144 valence electrons. The van der Waals surface area contributed by atoms with E-state index < -0.39 is 0 Å². The van der Waals surface area contributed by atoms with Gasteiger partial charge in [0.1, 0.15) is 5.82 Å². The molecule has 1 fully saturated rings. The summed E-state index contributed by atoms with van der Waals surface area (Å²) in [7, 11) is 0. The van der Waals surface area contributed by atoms with Crippen molar-refractivity contribution in [3.8, 4) is 0 Å². The molecule has 8 heteroatoms. The maximum atomic E-state index is 5.37. The van der Waals surface area contributed by atoms with E-state index in [1.807, 2.05) is 0 Å². The quantitative estimate of drug-likeness (QED) is 0.464. The summed E-state index contributed by atoms with van der Waals surface area (Å²) in [6, 6.07) is 0. The molecule has 1 N–H and O–H groups in total. The van der Waals surface area contributed by atoms with Crippen molar-refractivity contribution in [1.29, 1.82) is 0 Å². The second kappa shape index (κ2) is 9.87. The van der Waals surface area contributed by atoms with Gasteiger partial charge in [0.25, 0.3) is 0 Å². The van der Waals surface area contributed by atoms with Crippen molar-refractivity contribution in [2.24, 2.45) is 4.99 Å². The summed E-state index contributed by atoms with van der Waals surface area (Å²) in [5, 5.41) is 4.50. The lowest BCUT2D eigenvalue weighted by Crippen LogP contribution is -2.52. The molecule has 3 heterocycles. The lowest BCUT2D eigenvalue weighted by molar-refractivity contribution is 0.153. The Hall–Kier alpha value is -1.67. The highest BCUT2D eigenvalue weighted by atomic mass is 32.1. The molecule has 0 aromatic carbocycles. The summed E-state index contributed by atoms with van der Waals surface area (Å²) in [6.07, 6.45) is 5.18. The van der Waals surface area contributed by atoms with Crippen molar-refractivity contribution in [2.45, 2.75) is 33.1 Å². The van der Waals surface area contributed by atoms with Crippen molar-refractivity contribution in [3.05, 3.63) is 17.5 Å². The molecule has 2 aliphatic heterocycles. The highest BCUT2D eigenvalue weighted by Gasteiger charge is 2.22. The molecule has 0 atom stereocenters. The average Bonchev–Trinajstić information content (AvgIpc) is 3.18. The lowest BCUT2D eigenvalue weighted by Gasteiger charge is -2.36. The number of aliphatic imine (C=N–C) groups is 1. The topological polar surface area (TPSA) is 65.9 Å². The van der Waals surface area contributed by atoms with Crippen LogP contribution in [0.2, 0.25) is 0 Å². The van der Waals surface area contributed by atoms with Gasteiger partial charge in [0, 0.05) is 57.2 Å². The molecule has 1 saturated heterocycles. The number of hydrogen-bond donors (Lipinski definition) is 1. The zero-order valence-electron chi connectivity index (χ0n) is 15.9. The van der Waals surface area contributed by atoms with Gasteiger partial charge in [-0.1, -0.05) is 18.6 Å². The van der Waals surface area contributed by atoms with Crippen LogP contribution < -0.4 is 10.2 Å². The Bertz CT molecular complexity index is 621. The van der Waals surface area contributed by atoms with Gasteiger partial charge in [0.05, 0.1) is 13.2 Å². The van der Waals surface area contributed by atoms with Gasteiger partial charge in [-0.15, -0.1) is 0 Å². The van der Waals surface area contributed by atoms with Crippen LogP contribution in [0.3, 0.4) is 0 Å². The third kappa shape index (κ3) is 5.17. The molecule has 0 aliphatic carbocycles. The van der Waals surface area contributed by atoms with E-state index in [9.17, 15) is 0 Å². The Morgan fingerprint density at radius 1 is 1.31 bits per heavy atom. The lowest BCUT2D eigenvalue weighted by atomic mass is 10.1. The zero-order valence-corrected chi connectivity index (χ0v) is 16.7. The second-order valence-corrected chi connectivity index (χ2v) is 7.22. The number of nitrogens with zero attached hydrogens (tertiary/aromatic N) is 5. The minimum absolute atomic E-state index is 0.756. The summed E-state index contributed by atoms with van der Waals surface area (Å²) in [5.41, 5.74) is 1.48. The van der Waals surface area contributed by atoms with Crippen LogP contribution >= 0.6 is 11.5 Å². The number of aromatic nitrogens is 2. The number of anilines is 1. The van der Waals surface area contributed by atoms with Crippen molar-refractivity contribution >= 4 is 22.6 Å². The SMILES string of the molecule is CCNC(=NCCC1=CCOCC1)N1CCN(c2nc(CC)ns2)CC1. The van der Waals surface area contributed by atoms with E-state index in [0.29, 0.717) is 0 Å². The van der Waals surface area contributed by atoms with Gasteiger partial charge in [-0.3, -0.25) is 4.99 Å². The first-order chi connectivity index (χ1) is 12.8. The van der Waals surface area contributed by atoms with Gasteiger partial charge in [-0.25, -0.2) is 4.98 Å². The molecular weight excluding hydrogens is 348 g/mol. The van der Waals surface area contributed by atoms with E-state index in [4.69, 9.17) is 9.73 Å². The van der Waals surface area contributed by atoms with Crippen molar-refractivity contribution < 1.29 is 4.74 Å². The first-order valence-electron chi connectivity index (χ1n) is 9.66. The van der Waals surface area contributed by atoms with E-state index in [2.05, 4.69) is 44.4 Å².